The summed E-state index contributed by atoms with van der Waals surface area (Å²) in [5, 5.41) is 7.84. The maximum Gasteiger partial charge on any atom is 0.328 e. The van der Waals surface area contributed by atoms with Gasteiger partial charge in [0, 0.05) is 45.6 Å². The van der Waals surface area contributed by atoms with E-state index in [1.807, 2.05) is 10.6 Å². The fraction of sp³-hybridized carbons (Fsp3) is 0.407. The van der Waals surface area contributed by atoms with Crippen molar-refractivity contribution in [1.29, 1.82) is 0 Å². The molecule has 0 radical (unpaired) electrons. The molecule has 1 saturated heterocycles. The highest BCUT2D eigenvalue weighted by molar-refractivity contribution is 5.93. The largest absolute Gasteiger partial charge is 0.421 e. The smallest absolute Gasteiger partial charge is 0.328 e. The Kier molecular flexibility index (Phi) is 5.46. The maximum atomic E-state index is 15.5. The average molecular weight is 520 g/mol. The van der Waals surface area contributed by atoms with Crippen molar-refractivity contribution in [3.8, 4) is 17.1 Å². The third kappa shape index (κ3) is 3.72. The van der Waals surface area contributed by atoms with Crippen LogP contribution in [-0.4, -0.2) is 55.2 Å². The second kappa shape index (κ2) is 8.52. The molecule has 3 aromatic heterocycles. The topological polar surface area (TPSA) is 96.1 Å². The van der Waals surface area contributed by atoms with Gasteiger partial charge in [-0.2, -0.15) is 0 Å². The number of aryl methyl sites for hydroxylation is 3. The first-order chi connectivity index (χ1) is 18.0. The Morgan fingerprint density at radius 3 is 2.37 bits per heavy atom. The minimum absolute atomic E-state index is 0.108. The fourth-order valence-corrected chi connectivity index (χ4v) is 5.22. The number of morpholine rings is 1. The zero-order valence-corrected chi connectivity index (χ0v) is 22.4. The van der Waals surface area contributed by atoms with Gasteiger partial charge in [0.2, 0.25) is 5.89 Å². The third-order valence-corrected chi connectivity index (χ3v) is 7.11. The number of halogens is 1. The lowest BCUT2D eigenvalue weighted by atomic mass is 9.95. The van der Waals surface area contributed by atoms with Gasteiger partial charge >= 0.3 is 5.69 Å². The Morgan fingerprint density at radius 1 is 0.974 bits per heavy atom. The molecular formula is C27H30FN7O3. The van der Waals surface area contributed by atoms with Gasteiger partial charge in [-0.05, 0) is 18.2 Å². The number of rotatable bonds is 3. The zero-order valence-electron chi connectivity index (χ0n) is 22.4. The van der Waals surface area contributed by atoms with Gasteiger partial charge in [0.1, 0.15) is 11.6 Å². The molecule has 6 rings (SSSR count). The van der Waals surface area contributed by atoms with E-state index < -0.39 is 5.82 Å². The molecule has 38 heavy (non-hydrogen) atoms. The van der Waals surface area contributed by atoms with Crippen LogP contribution in [0.15, 0.2) is 33.5 Å². The van der Waals surface area contributed by atoms with E-state index in [1.165, 1.54) is 6.07 Å². The van der Waals surface area contributed by atoms with Crippen LogP contribution in [0.4, 0.5) is 10.1 Å². The average Bonchev–Trinajstić information content (AvgIpc) is 3.55. The highest BCUT2D eigenvalue weighted by Gasteiger charge is 2.28. The van der Waals surface area contributed by atoms with Crippen molar-refractivity contribution in [2.45, 2.75) is 33.1 Å². The second-order valence-corrected chi connectivity index (χ2v) is 10.8. The normalized spacial score (nSPS) is 14.8. The number of fused-ring (bicyclic) bond motifs is 2. The lowest BCUT2D eigenvalue weighted by Gasteiger charge is -2.30. The highest BCUT2D eigenvalue weighted by Crippen LogP contribution is 2.36. The van der Waals surface area contributed by atoms with Crippen molar-refractivity contribution < 1.29 is 13.5 Å². The molecule has 0 bridgehead atoms. The molecule has 0 N–H and O–H groups in total. The lowest BCUT2D eigenvalue weighted by Crippen LogP contribution is -2.36. The molecule has 0 saturated carbocycles. The van der Waals surface area contributed by atoms with Gasteiger partial charge in [-0.15, -0.1) is 10.2 Å². The standard InChI is InChI=1S/C27H30FN7O3/c1-15-30-31-24(38-15)17-13-19-20(14-18(17)28)35(25(29-19)27(2,3)4)16-11-21-23(33(6)26(36)32(21)5)22(12-16)34-7-9-37-10-8-34/h11-14H,7-10H2,1-6H3. The Morgan fingerprint density at radius 2 is 1.71 bits per heavy atom. The molecule has 1 fully saturated rings. The fourth-order valence-electron chi connectivity index (χ4n) is 5.22. The van der Waals surface area contributed by atoms with E-state index in [4.69, 9.17) is 14.1 Å². The Labute approximate surface area is 218 Å². The highest BCUT2D eigenvalue weighted by atomic mass is 19.1. The molecule has 2 aromatic carbocycles. The van der Waals surface area contributed by atoms with E-state index in [-0.39, 0.29) is 22.6 Å². The summed E-state index contributed by atoms with van der Waals surface area (Å²) in [6, 6.07) is 7.17. The van der Waals surface area contributed by atoms with Gasteiger partial charge in [0.05, 0.1) is 52.2 Å². The number of hydrogen-bond donors (Lipinski definition) is 0. The Balaban J connectivity index is 1.66. The quantitative estimate of drug-likeness (QED) is 0.357. The monoisotopic (exact) mass is 519 g/mol. The predicted molar refractivity (Wildman–Crippen MR) is 143 cm³/mol. The number of aromatic nitrogens is 6. The van der Waals surface area contributed by atoms with Crippen LogP contribution >= 0.6 is 0 Å². The van der Waals surface area contributed by atoms with Crippen LogP contribution in [0.1, 0.15) is 32.5 Å². The summed E-state index contributed by atoms with van der Waals surface area (Å²) in [4.78, 5) is 20.2. The number of imidazole rings is 2. The summed E-state index contributed by atoms with van der Waals surface area (Å²) in [7, 11) is 3.56. The maximum absolute atomic E-state index is 15.5. The molecule has 0 amide bonds. The SMILES string of the molecule is Cc1nnc(-c2cc3nc(C(C)(C)C)n(-c4cc(N5CCOCC5)c5c(c4)n(C)c(=O)n5C)c3cc2F)o1. The predicted octanol–water partition coefficient (Wildman–Crippen LogP) is 3.85. The summed E-state index contributed by atoms with van der Waals surface area (Å²) in [5.41, 5.74) is 4.32. The molecule has 198 valence electrons. The van der Waals surface area contributed by atoms with E-state index in [0.717, 1.165) is 28.2 Å². The molecule has 0 atom stereocenters. The van der Waals surface area contributed by atoms with E-state index in [2.05, 4.69) is 41.9 Å². The van der Waals surface area contributed by atoms with E-state index >= 15 is 4.39 Å². The number of hydrogen-bond acceptors (Lipinski definition) is 7. The Hall–Kier alpha value is -3.99. The van der Waals surface area contributed by atoms with Crippen LogP contribution in [0, 0.1) is 12.7 Å². The zero-order chi connectivity index (χ0) is 26.9. The van der Waals surface area contributed by atoms with Gasteiger partial charge in [-0.1, -0.05) is 20.8 Å². The minimum atomic E-state index is -0.482. The van der Waals surface area contributed by atoms with Crippen LogP contribution in [0.25, 0.3) is 39.2 Å². The van der Waals surface area contributed by atoms with Crippen molar-refractivity contribution in [3.63, 3.8) is 0 Å². The van der Waals surface area contributed by atoms with E-state index in [0.29, 0.717) is 43.2 Å². The molecule has 1 aliphatic rings. The summed E-state index contributed by atoms with van der Waals surface area (Å²) in [6.45, 7) is 10.5. The Bertz CT molecular complexity index is 1760. The minimum Gasteiger partial charge on any atom is -0.421 e. The molecule has 1 aliphatic heterocycles. The first-order valence-corrected chi connectivity index (χ1v) is 12.6. The van der Waals surface area contributed by atoms with Gasteiger partial charge in [-0.3, -0.25) is 13.7 Å². The summed E-state index contributed by atoms with van der Waals surface area (Å²) in [5.74, 6) is 0.755. The molecule has 0 spiro atoms. The summed E-state index contributed by atoms with van der Waals surface area (Å²) < 4.78 is 31.9. The van der Waals surface area contributed by atoms with Crippen molar-refractivity contribution in [1.82, 2.24) is 28.9 Å². The summed E-state index contributed by atoms with van der Waals surface area (Å²) in [6.07, 6.45) is 0. The van der Waals surface area contributed by atoms with Crippen LogP contribution in [0.3, 0.4) is 0 Å². The number of ether oxygens (including phenoxy) is 1. The van der Waals surface area contributed by atoms with Gasteiger partial charge in [0.25, 0.3) is 5.89 Å². The molecule has 5 aromatic rings. The van der Waals surface area contributed by atoms with Crippen molar-refractivity contribution in [2.24, 2.45) is 14.1 Å². The molecule has 0 unspecified atom stereocenters. The number of benzene rings is 2. The first kappa shape index (κ1) is 24.4. The number of anilines is 1. The van der Waals surface area contributed by atoms with Crippen LogP contribution in [-0.2, 0) is 24.2 Å². The molecule has 10 nitrogen and oxygen atoms in total. The van der Waals surface area contributed by atoms with Crippen molar-refractivity contribution in [2.75, 3.05) is 31.2 Å². The number of nitrogens with zero attached hydrogens (tertiary/aromatic N) is 7. The molecular weight excluding hydrogens is 489 g/mol. The van der Waals surface area contributed by atoms with Crippen LogP contribution in [0.2, 0.25) is 0 Å². The van der Waals surface area contributed by atoms with Crippen LogP contribution in [0.5, 0.6) is 0 Å². The molecule has 0 aliphatic carbocycles. The molecule has 11 heteroatoms. The molecule has 4 heterocycles. The van der Waals surface area contributed by atoms with Crippen LogP contribution < -0.4 is 10.6 Å². The van der Waals surface area contributed by atoms with Crippen molar-refractivity contribution in [3.05, 3.63) is 52.3 Å². The van der Waals surface area contributed by atoms with E-state index in [9.17, 15) is 4.79 Å². The van der Waals surface area contributed by atoms with Gasteiger partial charge < -0.3 is 14.1 Å². The second-order valence-electron chi connectivity index (χ2n) is 10.8. The van der Waals surface area contributed by atoms with Gasteiger partial charge in [0.15, 0.2) is 0 Å². The van der Waals surface area contributed by atoms with Gasteiger partial charge in [-0.25, -0.2) is 14.2 Å². The first-order valence-electron chi connectivity index (χ1n) is 12.6. The third-order valence-electron chi connectivity index (χ3n) is 7.11. The van der Waals surface area contributed by atoms with E-state index in [1.54, 1.807) is 36.2 Å². The summed E-state index contributed by atoms with van der Waals surface area (Å²) >= 11 is 0. The van der Waals surface area contributed by atoms with Crippen molar-refractivity contribution >= 4 is 27.8 Å². The lowest BCUT2D eigenvalue weighted by molar-refractivity contribution is 0.123.